The summed E-state index contributed by atoms with van der Waals surface area (Å²) >= 11 is 0. The summed E-state index contributed by atoms with van der Waals surface area (Å²) in [5.74, 6) is -2.90. The first kappa shape index (κ1) is 29.2. The number of benzene rings is 2. The number of halogens is 2. The molecular formula is C26H27F2N5O6. The Morgan fingerprint density at radius 3 is 2.05 bits per heavy atom. The SMILES string of the molecule is Cn1nnnc1C(C=C[C@@H](O)C[C@@H](O)CC(=O)N[C@@H](CO)C(=O)O)=C(c1ccc(F)cc1)c1ccc(F)cc1. The minimum atomic E-state index is -1.52. The van der Waals surface area contributed by atoms with Crippen LogP contribution in [-0.4, -0.2) is 77.4 Å². The number of nitrogens with one attached hydrogen (secondary N) is 1. The van der Waals surface area contributed by atoms with Crippen LogP contribution < -0.4 is 5.32 Å². The van der Waals surface area contributed by atoms with Gasteiger partial charge in [-0.3, -0.25) is 4.79 Å². The first-order chi connectivity index (χ1) is 18.6. The zero-order chi connectivity index (χ0) is 28.5. The Bertz CT molecular complexity index is 1290. The number of allylic oxidation sites excluding steroid dienone is 2. The van der Waals surface area contributed by atoms with Crippen LogP contribution in [0.15, 0.2) is 60.7 Å². The highest BCUT2D eigenvalue weighted by atomic mass is 19.1. The summed E-state index contributed by atoms with van der Waals surface area (Å²) < 4.78 is 28.8. The molecule has 0 radical (unpaired) electrons. The smallest absolute Gasteiger partial charge is 0.328 e. The van der Waals surface area contributed by atoms with E-state index in [0.29, 0.717) is 22.3 Å². The fourth-order valence-electron chi connectivity index (χ4n) is 3.74. The van der Waals surface area contributed by atoms with Gasteiger partial charge in [-0.1, -0.05) is 36.4 Å². The van der Waals surface area contributed by atoms with E-state index in [1.807, 2.05) is 0 Å². The first-order valence-corrected chi connectivity index (χ1v) is 11.7. The maximum absolute atomic E-state index is 13.7. The van der Waals surface area contributed by atoms with Gasteiger partial charge in [0.2, 0.25) is 5.91 Å². The van der Waals surface area contributed by atoms with Crippen molar-refractivity contribution >= 4 is 23.0 Å². The molecule has 0 saturated carbocycles. The molecule has 0 spiro atoms. The Kier molecular flexibility index (Phi) is 10.1. The van der Waals surface area contributed by atoms with E-state index in [1.54, 1.807) is 7.05 Å². The predicted molar refractivity (Wildman–Crippen MR) is 135 cm³/mol. The minimum absolute atomic E-state index is 0.269. The Labute approximate surface area is 221 Å². The van der Waals surface area contributed by atoms with Crippen molar-refractivity contribution in [2.75, 3.05) is 6.61 Å². The molecule has 0 aliphatic heterocycles. The van der Waals surface area contributed by atoms with E-state index in [-0.39, 0.29) is 12.2 Å². The fourth-order valence-corrected chi connectivity index (χ4v) is 3.74. The molecule has 3 aromatic rings. The lowest BCUT2D eigenvalue weighted by molar-refractivity contribution is -0.143. The fraction of sp³-hybridized carbons (Fsp3) is 0.269. The van der Waals surface area contributed by atoms with Crippen LogP contribution in [0.3, 0.4) is 0 Å². The number of aromatic nitrogens is 4. The maximum Gasteiger partial charge on any atom is 0.328 e. The van der Waals surface area contributed by atoms with Crippen LogP contribution in [-0.2, 0) is 16.6 Å². The molecule has 1 aromatic heterocycles. The molecule has 0 unspecified atom stereocenters. The Morgan fingerprint density at radius 2 is 1.59 bits per heavy atom. The quantitative estimate of drug-likeness (QED) is 0.210. The van der Waals surface area contributed by atoms with E-state index in [2.05, 4.69) is 20.8 Å². The summed E-state index contributed by atoms with van der Waals surface area (Å²) in [6.45, 7) is -0.820. The monoisotopic (exact) mass is 543 g/mol. The van der Waals surface area contributed by atoms with E-state index in [0.717, 1.165) is 0 Å². The van der Waals surface area contributed by atoms with Crippen LogP contribution >= 0.6 is 0 Å². The number of carboxylic acid groups (broad SMARTS) is 1. The van der Waals surface area contributed by atoms with Crippen LogP contribution in [0.1, 0.15) is 29.8 Å². The highest BCUT2D eigenvalue weighted by Gasteiger charge is 2.22. The predicted octanol–water partition coefficient (Wildman–Crippen LogP) is 1.07. The lowest BCUT2D eigenvalue weighted by Crippen LogP contribution is -2.44. The van der Waals surface area contributed by atoms with E-state index < -0.39 is 54.8 Å². The normalized spacial score (nSPS) is 13.6. The van der Waals surface area contributed by atoms with Crippen molar-refractivity contribution in [2.24, 2.45) is 7.05 Å². The van der Waals surface area contributed by atoms with Gasteiger partial charge in [-0.2, -0.15) is 0 Å². The third kappa shape index (κ3) is 8.07. The van der Waals surface area contributed by atoms with Gasteiger partial charge in [0.1, 0.15) is 17.7 Å². The molecule has 5 N–H and O–H groups in total. The molecular weight excluding hydrogens is 516 g/mol. The lowest BCUT2D eigenvalue weighted by Gasteiger charge is -2.16. The number of tetrazole rings is 1. The zero-order valence-corrected chi connectivity index (χ0v) is 20.8. The van der Waals surface area contributed by atoms with Crippen molar-refractivity contribution in [3.63, 3.8) is 0 Å². The average Bonchev–Trinajstić information content (AvgIpc) is 3.31. The number of aryl methyl sites for hydroxylation is 1. The molecule has 11 nitrogen and oxygen atoms in total. The number of carbonyl (C=O) groups excluding carboxylic acids is 1. The third-order valence-electron chi connectivity index (χ3n) is 5.63. The van der Waals surface area contributed by atoms with E-state index in [4.69, 9.17) is 10.2 Å². The molecule has 0 fully saturated rings. The molecule has 1 heterocycles. The number of aliphatic carboxylic acids is 1. The van der Waals surface area contributed by atoms with Gasteiger partial charge in [-0.05, 0) is 51.4 Å². The Morgan fingerprint density at radius 1 is 1.03 bits per heavy atom. The number of aliphatic hydroxyl groups is 3. The van der Waals surface area contributed by atoms with Gasteiger partial charge in [0.25, 0.3) is 0 Å². The van der Waals surface area contributed by atoms with E-state index in [1.165, 1.54) is 65.4 Å². The molecule has 0 bridgehead atoms. The third-order valence-corrected chi connectivity index (χ3v) is 5.63. The van der Waals surface area contributed by atoms with E-state index in [9.17, 15) is 28.6 Å². The highest BCUT2D eigenvalue weighted by molar-refractivity contribution is 6.00. The summed E-state index contributed by atoms with van der Waals surface area (Å²) in [4.78, 5) is 22.9. The number of carbonyl (C=O) groups is 2. The number of carboxylic acids is 1. The van der Waals surface area contributed by atoms with Crippen molar-refractivity contribution < 1.29 is 38.8 Å². The van der Waals surface area contributed by atoms with Crippen LogP contribution in [0.5, 0.6) is 0 Å². The maximum atomic E-state index is 13.7. The van der Waals surface area contributed by atoms with Crippen LogP contribution in [0.2, 0.25) is 0 Å². The summed E-state index contributed by atoms with van der Waals surface area (Å²) in [5.41, 5.74) is 1.99. The second-order valence-electron chi connectivity index (χ2n) is 8.59. The Balaban J connectivity index is 1.93. The molecule has 1 amide bonds. The number of amides is 1. The molecule has 0 aliphatic carbocycles. The highest BCUT2D eigenvalue weighted by Crippen LogP contribution is 2.32. The molecule has 39 heavy (non-hydrogen) atoms. The van der Waals surface area contributed by atoms with Crippen LogP contribution in [0, 0.1) is 11.6 Å². The second-order valence-corrected chi connectivity index (χ2v) is 8.59. The number of hydrogen-bond donors (Lipinski definition) is 5. The minimum Gasteiger partial charge on any atom is -0.480 e. The number of rotatable bonds is 12. The molecule has 2 aromatic carbocycles. The van der Waals surface area contributed by atoms with Crippen LogP contribution in [0.25, 0.3) is 11.1 Å². The Hall–Kier alpha value is -4.33. The van der Waals surface area contributed by atoms with Gasteiger partial charge >= 0.3 is 5.97 Å². The van der Waals surface area contributed by atoms with Crippen molar-refractivity contribution in [3.8, 4) is 0 Å². The summed E-state index contributed by atoms with van der Waals surface area (Å²) in [6, 6.07) is 9.64. The van der Waals surface area contributed by atoms with E-state index >= 15 is 0 Å². The first-order valence-electron chi connectivity index (χ1n) is 11.7. The molecule has 3 rings (SSSR count). The number of hydrogen-bond acceptors (Lipinski definition) is 8. The van der Waals surface area contributed by atoms with Gasteiger partial charge in [0, 0.05) is 19.0 Å². The largest absolute Gasteiger partial charge is 0.480 e. The lowest BCUT2D eigenvalue weighted by atomic mass is 9.91. The molecule has 206 valence electrons. The topological polar surface area (TPSA) is 171 Å². The van der Waals surface area contributed by atoms with Crippen molar-refractivity contribution in [2.45, 2.75) is 31.1 Å². The van der Waals surface area contributed by atoms with Gasteiger partial charge in [-0.25, -0.2) is 18.3 Å². The van der Waals surface area contributed by atoms with Gasteiger partial charge in [0.05, 0.1) is 25.2 Å². The summed E-state index contributed by atoms with van der Waals surface area (Å²) in [7, 11) is 1.59. The molecule has 0 saturated heterocycles. The van der Waals surface area contributed by atoms with Gasteiger partial charge < -0.3 is 25.7 Å². The number of aliphatic hydroxyl groups excluding tert-OH is 3. The average molecular weight is 544 g/mol. The molecule has 0 aliphatic rings. The van der Waals surface area contributed by atoms with Crippen molar-refractivity contribution in [1.29, 1.82) is 0 Å². The zero-order valence-electron chi connectivity index (χ0n) is 20.8. The molecule has 13 heteroatoms. The van der Waals surface area contributed by atoms with Crippen LogP contribution in [0.4, 0.5) is 8.78 Å². The number of nitrogens with zero attached hydrogens (tertiary/aromatic N) is 4. The van der Waals surface area contributed by atoms with Gasteiger partial charge in [-0.15, -0.1) is 5.10 Å². The summed E-state index contributed by atoms with van der Waals surface area (Å²) in [6.07, 6.45) is -0.562. The van der Waals surface area contributed by atoms with Crippen molar-refractivity contribution in [3.05, 3.63) is 89.3 Å². The molecule has 3 atom stereocenters. The second kappa shape index (κ2) is 13.5. The standard InChI is InChI=1S/C26H27F2N5O6/c1-33-25(30-31-32-33)21(11-10-19(35)12-20(36)13-23(37)29-22(14-34)26(38)39)24(15-2-6-17(27)7-3-15)16-4-8-18(28)9-5-16/h2-11,19-20,22,34-36H,12-14H2,1H3,(H,29,37)(H,38,39)/t19-,20-,22+/m1/s1. The van der Waals surface area contributed by atoms with Gasteiger partial charge in [0.15, 0.2) is 5.82 Å². The van der Waals surface area contributed by atoms with Crippen molar-refractivity contribution in [1.82, 2.24) is 25.5 Å². The summed E-state index contributed by atoms with van der Waals surface area (Å²) in [5, 5.41) is 52.4.